The zero-order valence-electron chi connectivity index (χ0n) is 16.9. The topological polar surface area (TPSA) is 88.8 Å². The van der Waals surface area contributed by atoms with E-state index in [0.29, 0.717) is 26.2 Å². The van der Waals surface area contributed by atoms with E-state index in [4.69, 9.17) is 9.15 Å². The highest BCUT2D eigenvalue weighted by atomic mass is 16.5. The molecular weight excluding hydrogens is 396 g/mol. The van der Waals surface area contributed by atoms with E-state index >= 15 is 0 Å². The van der Waals surface area contributed by atoms with Crippen molar-refractivity contribution in [3.63, 3.8) is 0 Å². The Morgan fingerprint density at radius 1 is 1.16 bits per heavy atom. The van der Waals surface area contributed by atoms with Gasteiger partial charge in [-0.25, -0.2) is 0 Å². The number of carbonyl (C=O) groups excluding carboxylic acids is 2. The molecule has 1 spiro atoms. The average Bonchev–Trinajstić information content (AvgIpc) is 3.47. The van der Waals surface area contributed by atoms with Gasteiger partial charge in [0.1, 0.15) is 0 Å². The number of likely N-dealkylation sites (tertiary alicyclic amines) is 1. The van der Waals surface area contributed by atoms with E-state index < -0.39 is 5.60 Å². The second kappa shape index (κ2) is 7.96. The van der Waals surface area contributed by atoms with E-state index in [9.17, 15) is 9.59 Å². The first kappa shape index (κ1) is 19.4. The zero-order valence-corrected chi connectivity index (χ0v) is 16.9. The summed E-state index contributed by atoms with van der Waals surface area (Å²) < 4.78 is 11.5. The van der Waals surface area contributed by atoms with Crippen LogP contribution in [-0.2, 0) is 16.1 Å². The maximum absolute atomic E-state index is 13.8. The number of amides is 2. The summed E-state index contributed by atoms with van der Waals surface area (Å²) in [5.41, 5.74) is 0.510. The monoisotopic (exact) mass is 418 g/mol. The number of rotatable bonds is 4. The molecule has 158 valence electrons. The average molecular weight is 418 g/mol. The largest absolute Gasteiger partial charge is 0.459 e. The first-order valence-electron chi connectivity index (χ1n) is 10.2. The minimum atomic E-state index is -1.17. The fourth-order valence-corrected chi connectivity index (χ4v) is 4.46. The van der Waals surface area contributed by atoms with Crippen LogP contribution in [-0.4, -0.2) is 63.4 Å². The highest BCUT2D eigenvalue weighted by Gasteiger charge is 2.58. The first-order valence-corrected chi connectivity index (χ1v) is 10.2. The molecule has 2 atom stereocenters. The van der Waals surface area contributed by atoms with E-state index in [1.54, 1.807) is 40.5 Å². The maximum atomic E-state index is 13.8. The summed E-state index contributed by atoms with van der Waals surface area (Å²) in [4.78, 5) is 38.8. The highest BCUT2D eigenvalue weighted by Crippen LogP contribution is 2.42. The van der Waals surface area contributed by atoms with Crippen molar-refractivity contribution in [2.24, 2.45) is 0 Å². The van der Waals surface area contributed by atoms with Crippen LogP contribution in [0.3, 0.4) is 0 Å². The quantitative estimate of drug-likeness (QED) is 0.645. The predicted octanol–water partition coefficient (Wildman–Crippen LogP) is 2.11. The molecule has 2 amide bonds. The molecule has 0 radical (unpaired) electrons. The molecule has 8 heteroatoms. The molecule has 0 unspecified atom stereocenters. The van der Waals surface area contributed by atoms with Gasteiger partial charge < -0.3 is 19.0 Å². The minimum absolute atomic E-state index is 0.131. The van der Waals surface area contributed by atoms with Gasteiger partial charge in [-0.1, -0.05) is 12.1 Å². The van der Waals surface area contributed by atoms with Crippen molar-refractivity contribution in [1.82, 2.24) is 19.8 Å². The molecule has 5 heterocycles. The second-order valence-corrected chi connectivity index (χ2v) is 7.79. The molecule has 31 heavy (non-hydrogen) atoms. The van der Waals surface area contributed by atoms with Crippen LogP contribution in [0.15, 0.2) is 71.7 Å². The lowest BCUT2D eigenvalue weighted by molar-refractivity contribution is -0.172. The van der Waals surface area contributed by atoms with Crippen LogP contribution in [0.1, 0.15) is 27.7 Å². The Hall–Kier alpha value is -3.52. The van der Waals surface area contributed by atoms with Gasteiger partial charge in [0.25, 0.3) is 11.8 Å². The number of carbonyl (C=O) groups is 2. The molecule has 2 aliphatic rings. The normalized spacial score (nSPS) is 23.5. The van der Waals surface area contributed by atoms with Crippen LogP contribution in [0, 0.1) is 0 Å². The lowest BCUT2D eigenvalue weighted by Gasteiger charge is -2.42. The van der Waals surface area contributed by atoms with E-state index in [0.717, 1.165) is 11.3 Å². The Morgan fingerprint density at radius 3 is 2.84 bits per heavy atom. The number of ether oxygens (including phenoxy) is 1. The summed E-state index contributed by atoms with van der Waals surface area (Å²) in [6.45, 7) is 1.76. The molecule has 2 aliphatic heterocycles. The standard InChI is InChI=1S/C23H22N4O4/c28-21(20-7-4-11-30-20)27-15-19(17-5-3-8-24-13-17)23(16-27)22(29)26(10-12-31-23)14-18-6-1-2-9-25-18/h1-9,11,13,19H,10,12,14-16H2/t19-,23-/m0/s1. The molecular formula is C23H22N4O4. The van der Waals surface area contributed by atoms with Crippen LogP contribution in [0.2, 0.25) is 0 Å². The third-order valence-corrected chi connectivity index (χ3v) is 5.95. The van der Waals surface area contributed by atoms with Crippen molar-refractivity contribution in [3.8, 4) is 0 Å². The predicted molar refractivity (Wildman–Crippen MR) is 110 cm³/mol. The third-order valence-electron chi connectivity index (χ3n) is 5.95. The summed E-state index contributed by atoms with van der Waals surface area (Å²) >= 11 is 0. The molecule has 0 saturated carbocycles. The van der Waals surface area contributed by atoms with Gasteiger partial charge >= 0.3 is 0 Å². The fourth-order valence-electron chi connectivity index (χ4n) is 4.46. The Balaban J connectivity index is 1.48. The lowest BCUT2D eigenvalue weighted by atomic mass is 9.83. The molecule has 8 nitrogen and oxygen atoms in total. The van der Waals surface area contributed by atoms with Gasteiger partial charge in [-0.2, -0.15) is 0 Å². The molecule has 3 aromatic heterocycles. The molecule has 0 aliphatic carbocycles. The second-order valence-electron chi connectivity index (χ2n) is 7.79. The van der Waals surface area contributed by atoms with Crippen molar-refractivity contribution >= 4 is 11.8 Å². The number of hydrogen-bond acceptors (Lipinski definition) is 6. The van der Waals surface area contributed by atoms with Gasteiger partial charge in [0.2, 0.25) is 0 Å². The van der Waals surface area contributed by atoms with Crippen LogP contribution in [0.25, 0.3) is 0 Å². The smallest absolute Gasteiger partial charge is 0.289 e. The number of morpholine rings is 1. The number of nitrogens with zero attached hydrogens (tertiary/aromatic N) is 4. The van der Waals surface area contributed by atoms with Gasteiger partial charge in [-0.05, 0) is 35.9 Å². The highest BCUT2D eigenvalue weighted by molar-refractivity contribution is 5.94. The number of aromatic nitrogens is 2. The molecule has 2 fully saturated rings. The van der Waals surface area contributed by atoms with Gasteiger partial charge in [0.15, 0.2) is 11.4 Å². The molecule has 0 aromatic carbocycles. The van der Waals surface area contributed by atoms with Crippen LogP contribution in [0.5, 0.6) is 0 Å². The molecule has 3 aromatic rings. The number of pyridine rings is 2. The van der Waals surface area contributed by atoms with Crippen molar-refractivity contribution in [3.05, 3.63) is 84.3 Å². The maximum Gasteiger partial charge on any atom is 0.289 e. The van der Waals surface area contributed by atoms with Crippen molar-refractivity contribution in [1.29, 1.82) is 0 Å². The van der Waals surface area contributed by atoms with Gasteiger partial charge in [0, 0.05) is 37.6 Å². The SMILES string of the molecule is O=C(c1ccco1)N1C[C@@H](c2cccnc2)[C@]2(C1)OCCN(Cc1ccccn1)C2=O. The summed E-state index contributed by atoms with van der Waals surface area (Å²) in [7, 11) is 0. The zero-order chi connectivity index (χ0) is 21.3. The lowest BCUT2D eigenvalue weighted by Crippen LogP contribution is -2.60. The minimum Gasteiger partial charge on any atom is -0.459 e. The molecule has 0 N–H and O–H groups in total. The van der Waals surface area contributed by atoms with Crippen molar-refractivity contribution in [2.45, 2.75) is 18.1 Å². The van der Waals surface area contributed by atoms with Gasteiger partial charge in [0.05, 0.1) is 31.7 Å². The van der Waals surface area contributed by atoms with Crippen LogP contribution < -0.4 is 0 Å². The van der Waals surface area contributed by atoms with Crippen molar-refractivity contribution in [2.75, 3.05) is 26.2 Å². The summed E-state index contributed by atoms with van der Waals surface area (Å²) in [6.07, 6.45) is 6.61. The third kappa shape index (κ3) is 3.48. The summed E-state index contributed by atoms with van der Waals surface area (Å²) in [5, 5.41) is 0. The first-order chi connectivity index (χ1) is 15.2. The fraction of sp³-hybridized carbons (Fsp3) is 0.304. The molecule has 5 rings (SSSR count). The van der Waals surface area contributed by atoms with E-state index in [2.05, 4.69) is 9.97 Å². The van der Waals surface area contributed by atoms with Crippen LogP contribution in [0.4, 0.5) is 0 Å². The summed E-state index contributed by atoms with van der Waals surface area (Å²) in [5.74, 6) is -0.475. The Bertz CT molecular complexity index is 1060. The Labute approximate surface area is 179 Å². The van der Waals surface area contributed by atoms with Crippen molar-refractivity contribution < 1.29 is 18.7 Å². The van der Waals surface area contributed by atoms with E-state index in [1.807, 2.05) is 30.3 Å². The number of furan rings is 1. The Kier molecular flexibility index (Phi) is 4.99. The Morgan fingerprint density at radius 2 is 2.10 bits per heavy atom. The van der Waals surface area contributed by atoms with E-state index in [1.165, 1.54) is 6.26 Å². The van der Waals surface area contributed by atoms with Gasteiger partial charge in [-0.3, -0.25) is 19.6 Å². The number of hydrogen-bond donors (Lipinski definition) is 0. The molecule has 2 saturated heterocycles. The van der Waals surface area contributed by atoms with Gasteiger partial charge in [-0.15, -0.1) is 0 Å². The summed E-state index contributed by atoms with van der Waals surface area (Å²) in [6, 6.07) is 12.7. The van der Waals surface area contributed by atoms with Crippen LogP contribution >= 0.6 is 0 Å². The van der Waals surface area contributed by atoms with E-state index in [-0.39, 0.29) is 30.0 Å². The molecule has 0 bridgehead atoms.